The van der Waals surface area contributed by atoms with E-state index in [1.807, 2.05) is 6.92 Å². The van der Waals surface area contributed by atoms with Crippen LogP contribution in [0.5, 0.6) is 0 Å². The van der Waals surface area contributed by atoms with E-state index in [-0.39, 0.29) is 28.1 Å². The highest BCUT2D eigenvalue weighted by molar-refractivity contribution is 7.92. The molecule has 0 fully saturated rings. The van der Waals surface area contributed by atoms with Gasteiger partial charge in [0, 0.05) is 13.1 Å². The van der Waals surface area contributed by atoms with Crippen LogP contribution in [-0.4, -0.2) is 44.3 Å². The minimum absolute atomic E-state index is 0.00726. The minimum atomic E-state index is -4.20. The number of unbranched alkanes of at least 4 members (excludes halogenated alkanes) is 1. The highest BCUT2D eigenvalue weighted by atomic mass is 35.5. The summed E-state index contributed by atoms with van der Waals surface area (Å²) in [5.74, 6) is -1.37. The predicted octanol–water partition coefficient (Wildman–Crippen LogP) is 5.40. The van der Waals surface area contributed by atoms with Gasteiger partial charge >= 0.3 is 0 Å². The number of rotatable bonds is 13. The van der Waals surface area contributed by atoms with Gasteiger partial charge in [0.1, 0.15) is 18.4 Å². The molecule has 39 heavy (non-hydrogen) atoms. The van der Waals surface area contributed by atoms with Gasteiger partial charge in [-0.1, -0.05) is 74.3 Å². The maximum absolute atomic E-state index is 13.9. The summed E-state index contributed by atoms with van der Waals surface area (Å²) in [6.45, 7) is 3.63. The molecule has 0 heterocycles. The van der Waals surface area contributed by atoms with Crippen LogP contribution in [0.15, 0.2) is 83.8 Å². The normalized spacial score (nSPS) is 12.0. The highest BCUT2D eigenvalue weighted by Crippen LogP contribution is 2.30. The van der Waals surface area contributed by atoms with Gasteiger partial charge in [-0.2, -0.15) is 0 Å². The summed E-state index contributed by atoms with van der Waals surface area (Å²) in [6.07, 6.45) is 1.96. The minimum Gasteiger partial charge on any atom is -0.354 e. The molecule has 1 N–H and O–H groups in total. The average molecular weight is 574 g/mol. The molecule has 0 spiro atoms. The second-order valence-corrected chi connectivity index (χ2v) is 11.3. The molecule has 7 nitrogen and oxygen atoms in total. The van der Waals surface area contributed by atoms with Crippen molar-refractivity contribution in [3.8, 4) is 0 Å². The maximum atomic E-state index is 13.9. The fourth-order valence-electron chi connectivity index (χ4n) is 4.10. The van der Waals surface area contributed by atoms with E-state index >= 15 is 0 Å². The van der Waals surface area contributed by atoms with Crippen molar-refractivity contribution in [2.45, 2.75) is 50.6 Å². The quantitative estimate of drug-likeness (QED) is 0.277. The number of para-hydroxylation sites is 1. The fraction of sp³-hybridized carbons (Fsp3) is 0.310. The molecular weight excluding hydrogens is 541 g/mol. The average Bonchev–Trinajstić information content (AvgIpc) is 2.93. The van der Waals surface area contributed by atoms with E-state index in [0.29, 0.717) is 18.5 Å². The molecule has 0 saturated carbocycles. The Morgan fingerprint density at radius 3 is 2.21 bits per heavy atom. The second-order valence-electron chi connectivity index (χ2n) is 8.99. The number of nitrogens with zero attached hydrogens (tertiary/aromatic N) is 2. The first-order valence-electron chi connectivity index (χ1n) is 12.8. The Hall–Kier alpha value is -3.43. The summed E-state index contributed by atoms with van der Waals surface area (Å²) in [7, 11) is -4.20. The molecule has 0 aliphatic carbocycles. The van der Waals surface area contributed by atoms with Crippen molar-refractivity contribution in [3.63, 3.8) is 0 Å². The van der Waals surface area contributed by atoms with Crippen LogP contribution in [0.4, 0.5) is 10.1 Å². The summed E-state index contributed by atoms with van der Waals surface area (Å²) >= 11 is 6.40. The fourth-order valence-corrected chi connectivity index (χ4v) is 5.84. The first kappa shape index (κ1) is 30.1. The summed E-state index contributed by atoms with van der Waals surface area (Å²) < 4.78 is 42.1. The van der Waals surface area contributed by atoms with E-state index in [0.717, 1.165) is 17.1 Å². The molecule has 1 atom stereocenters. The van der Waals surface area contributed by atoms with Crippen molar-refractivity contribution in [3.05, 3.63) is 95.3 Å². The largest absolute Gasteiger partial charge is 0.354 e. The number of amides is 2. The van der Waals surface area contributed by atoms with Gasteiger partial charge in [-0.25, -0.2) is 12.8 Å². The first-order valence-corrected chi connectivity index (χ1v) is 14.6. The van der Waals surface area contributed by atoms with Crippen LogP contribution in [0.25, 0.3) is 0 Å². The lowest BCUT2D eigenvalue weighted by Gasteiger charge is -2.33. The number of benzene rings is 3. The molecule has 3 aromatic carbocycles. The van der Waals surface area contributed by atoms with E-state index in [2.05, 4.69) is 5.32 Å². The monoisotopic (exact) mass is 573 g/mol. The molecule has 10 heteroatoms. The molecule has 0 aromatic heterocycles. The van der Waals surface area contributed by atoms with Crippen LogP contribution in [0.2, 0.25) is 5.02 Å². The van der Waals surface area contributed by atoms with Crippen LogP contribution >= 0.6 is 11.6 Å². The highest BCUT2D eigenvalue weighted by Gasteiger charge is 2.34. The van der Waals surface area contributed by atoms with Crippen molar-refractivity contribution >= 4 is 39.1 Å². The maximum Gasteiger partial charge on any atom is 0.264 e. The van der Waals surface area contributed by atoms with Gasteiger partial charge in [0.25, 0.3) is 10.0 Å². The van der Waals surface area contributed by atoms with E-state index in [4.69, 9.17) is 11.6 Å². The lowest BCUT2D eigenvalue weighted by molar-refractivity contribution is -0.140. The van der Waals surface area contributed by atoms with Crippen LogP contribution in [0, 0.1) is 5.82 Å². The lowest BCUT2D eigenvalue weighted by Crippen LogP contribution is -2.52. The summed E-state index contributed by atoms with van der Waals surface area (Å²) in [5, 5.41) is 3.02. The third kappa shape index (κ3) is 7.80. The molecule has 0 bridgehead atoms. The number of halogens is 2. The van der Waals surface area contributed by atoms with Gasteiger partial charge in [-0.05, 0) is 54.8 Å². The van der Waals surface area contributed by atoms with Crippen molar-refractivity contribution < 1.29 is 22.4 Å². The zero-order valence-electron chi connectivity index (χ0n) is 22.0. The van der Waals surface area contributed by atoms with E-state index < -0.39 is 34.3 Å². The van der Waals surface area contributed by atoms with Gasteiger partial charge in [0.15, 0.2) is 0 Å². The van der Waals surface area contributed by atoms with E-state index in [1.54, 1.807) is 43.3 Å². The Morgan fingerprint density at radius 2 is 1.59 bits per heavy atom. The van der Waals surface area contributed by atoms with Crippen LogP contribution < -0.4 is 9.62 Å². The van der Waals surface area contributed by atoms with Crippen LogP contribution in [0.1, 0.15) is 38.7 Å². The number of carbonyl (C=O) groups is 2. The predicted molar refractivity (Wildman–Crippen MR) is 151 cm³/mol. The Balaban J connectivity index is 2.03. The van der Waals surface area contributed by atoms with Crippen molar-refractivity contribution in [1.29, 1.82) is 0 Å². The zero-order chi connectivity index (χ0) is 28.4. The van der Waals surface area contributed by atoms with Gasteiger partial charge in [-0.15, -0.1) is 0 Å². The first-order chi connectivity index (χ1) is 18.7. The number of nitrogens with one attached hydrogen (secondary N) is 1. The zero-order valence-corrected chi connectivity index (χ0v) is 23.6. The smallest absolute Gasteiger partial charge is 0.264 e. The lowest BCUT2D eigenvalue weighted by atomic mass is 10.1. The number of anilines is 1. The summed E-state index contributed by atoms with van der Waals surface area (Å²) in [4.78, 5) is 28.4. The Morgan fingerprint density at radius 1 is 0.949 bits per heavy atom. The van der Waals surface area contributed by atoms with E-state index in [1.165, 1.54) is 47.4 Å². The topological polar surface area (TPSA) is 86.8 Å². The summed E-state index contributed by atoms with van der Waals surface area (Å²) in [6, 6.07) is 18.9. The number of hydrogen-bond donors (Lipinski definition) is 1. The van der Waals surface area contributed by atoms with Crippen LogP contribution in [0.3, 0.4) is 0 Å². The number of hydrogen-bond acceptors (Lipinski definition) is 4. The Labute approximate surface area is 234 Å². The molecular formula is C29H33ClFN3O4S. The van der Waals surface area contributed by atoms with Gasteiger partial charge < -0.3 is 10.2 Å². The molecule has 2 amide bonds. The van der Waals surface area contributed by atoms with Crippen LogP contribution in [-0.2, 0) is 26.2 Å². The van der Waals surface area contributed by atoms with Crippen molar-refractivity contribution in [2.75, 3.05) is 17.4 Å². The molecule has 0 aliphatic rings. The molecule has 208 valence electrons. The van der Waals surface area contributed by atoms with Gasteiger partial charge in [0.2, 0.25) is 11.8 Å². The van der Waals surface area contributed by atoms with Crippen molar-refractivity contribution in [2.24, 2.45) is 0 Å². The Bertz CT molecular complexity index is 1350. The second kappa shape index (κ2) is 14.1. The number of carbonyl (C=O) groups excluding carboxylic acids is 2. The SMILES string of the molecule is CCCCNC(=O)C(CC)N(Cc1ccc(F)cc1)C(=O)CN(c1ccccc1Cl)S(=O)(=O)c1ccccc1. The Kier molecular flexibility index (Phi) is 10.9. The standard InChI is InChI=1S/C29H33ClFN3O4S/c1-3-5-19-32-29(36)26(4-2)33(20-22-15-17-23(31)18-16-22)28(35)21-34(27-14-10-9-13-25(27)30)39(37,38)24-11-7-6-8-12-24/h6-18,26H,3-5,19-21H2,1-2H3,(H,32,36). The van der Waals surface area contributed by atoms with E-state index in [9.17, 15) is 22.4 Å². The molecule has 0 saturated heterocycles. The molecule has 3 aromatic rings. The summed E-state index contributed by atoms with van der Waals surface area (Å²) in [5.41, 5.74) is 0.735. The van der Waals surface area contributed by atoms with Gasteiger partial charge in [-0.3, -0.25) is 13.9 Å². The molecule has 0 aliphatic heterocycles. The number of sulfonamides is 1. The molecule has 1 unspecified atom stereocenters. The van der Waals surface area contributed by atoms with Crippen molar-refractivity contribution in [1.82, 2.24) is 10.2 Å². The third-order valence-corrected chi connectivity index (χ3v) is 8.31. The molecule has 0 radical (unpaired) electrons. The third-order valence-electron chi connectivity index (χ3n) is 6.21. The molecule has 3 rings (SSSR count). The van der Waals surface area contributed by atoms with Gasteiger partial charge in [0.05, 0.1) is 15.6 Å².